The van der Waals surface area contributed by atoms with Crippen molar-refractivity contribution >= 4 is 5.97 Å². The van der Waals surface area contributed by atoms with Crippen LogP contribution in [0.25, 0.3) is 0 Å². The molecule has 10 heteroatoms. The molecule has 1 heterocycles. The number of esters is 1. The van der Waals surface area contributed by atoms with Crippen LogP contribution in [0.2, 0.25) is 0 Å². The third kappa shape index (κ3) is 14.3. The van der Waals surface area contributed by atoms with Crippen molar-refractivity contribution in [3.63, 3.8) is 0 Å². The number of hydrogen-bond donors (Lipinski definition) is 0. The molecular weight excluding hydrogens is 905 g/mol. The van der Waals surface area contributed by atoms with Crippen molar-refractivity contribution in [1.29, 1.82) is 0 Å². The topological polar surface area (TPSA) is 100 Å². The van der Waals surface area contributed by atoms with Crippen LogP contribution in [0.1, 0.15) is 49.3 Å². The third-order valence-electron chi connectivity index (χ3n) is 12.0. The Morgan fingerprint density at radius 1 is 0.375 bits per heavy atom. The molecule has 0 amide bonds. The highest BCUT2D eigenvalue weighted by Crippen LogP contribution is 2.41. The summed E-state index contributed by atoms with van der Waals surface area (Å²) in [5.74, 6) is 0.203. The molecule has 9 rings (SSSR count). The van der Waals surface area contributed by atoms with Gasteiger partial charge in [0.2, 0.25) is 12.0 Å². The van der Waals surface area contributed by atoms with Crippen LogP contribution in [-0.4, -0.2) is 43.3 Å². The van der Waals surface area contributed by atoms with Gasteiger partial charge in [0.15, 0.2) is 11.5 Å². The van der Waals surface area contributed by atoms with Gasteiger partial charge in [0.1, 0.15) is 44.2 Å². The van der Waals surface area contributed by atoms with E-state index in [4.69, 9.17) is 42.6 Å². The molecule has 1 saturated heterocycles. The van der Waals surface area contributed by atoms with E-state index in [1.54, 1.807) is 12.1 Å². The largest absolute Gasteiger partial charge is 0.485 e. The highest BCUT2D eigenvalue weighted by atomic mass is 16.7. The first-order chi connectivity index (χ1) is 35.6. The molecule has 0 bridgehead atoms. The maximum atomic E-state index is 15.0. The molecule has 0 N–H and O–H groups in total. The van der Waals surface area contributed by atoms with Crippen molar-refractivity contribution in [1.82, 2.24) is 0 Å². The average Bonchev–Trinajstić information content (AvgIpc) is 3.44. The van der Waals surface area contributed by atoms with E-state index in [2.05, 4.69) is 0 Å². The molecule has 5 atom stereocenters. The van der Waals surface area contributed by atoms with Crippen LogP contribution < -0.4 is 14.2 Å². The summed E-state index contributed by atoms with van der Waals surface area (Å²) in [7, 11) is 0. The summed E-state index contributed by atoms with van der Waals surface area (Å²) in [4.78, 5) is 15.0. The van der Waals surface area contributed by atoms with E-state index in [0.29, 0.717) is 23.9 Å². The van der Waals surface area contributed by atoms with Gasteiger partial charge in [-0.2, -0.15) is 0 Å². The number of carbonyl (C=O) groups is 1. The van der Waals surface area contributed by atoms with Crippen molar-refractivity contribution in [2.45, 2.75) is 77.0 Å². The summed E-state index contributed by atoms with van der Waals surface area (Å²) in [6.45, 7) is 1.63. The standard InChI is InChI=1S/C62H58O10/c63-61(53-36-54(65-39-47-24-10-2-11-25-47)57(67-41-49-28-14-4-15-29-49)55(37-53)66-40-48-26-12-3-13-27-48)72-62-60(70-44-52-34-20-7-21-35-52)59(69-43-51-32-18-6-19-33-51)58(68-42-50-30-16-5-17-31-50)56(71-62)45-64-38-46-22-8-1-9-23-46/h1-37,56,58-60,62H,38-45H2/t56-,58-,59+,60-,62-/m1/s1. The Labute approximate surface area is 421 Å². The summed E-state index contributed by atoms with van der Waals surface area (Å²) in [6.07, 6.45) is -4.63. The van der Waals surface area contributed by atoms with Crippen LogP contribution in [0.15, 0.2) is 224 Å². The summed E-state index contributed by atoms with van der Waals surface area (Å²) >= 11 is 0. The quantitative estimate of drug-likeness (QED) is 0.0544. The van der Waals surface area contributed by atoms with E-state index in [1.807, 2.05) is 212 Å². The normalized spacial score (nSPS) is 17.4. The van der Waals surface area contributed by atoms with E-state index in [-0.39, 0.29) is 51.8 Å². The van der Waals surface area contributed by atoms with Gasteiger partial charge < -0.3 is 42.6 Å². The third-order valence-corrected chi connectivity index (χ3v) is 12.0. The van der Waals surface area contributed by atoms with Gasteiger partial charge in [-0.15, -0.1) is 0 Å². The zero-order chi connectivity index (χ0) is 49.0. The molecule has 0 aliphatic carbocycles. The molecule has 8 aromatic carbocycles. The first kappa shape index (κ1) is 49.4. The van der Waals surface area contributed by atoms with Crippen LogP contribution >= 0.6 is 0 Å². The van der Waals surface area contributed by atoms with Gasteiger partial charge in [0, 0.05) is 0 Å². The molecular formula is C62H58O10. The first-order valence-corrected chi connectivity index (χ1v) is 24.2. The summed E-state index contributed by atoms with van der Waals surface area (Å²) < 4.78 is 60.0. The second-order valence-corrected chi connectivity index (χ2v) is 17.4. The lowest BCUT2D eigenvalue weighted by molar-refractivity contribution is -0.315. The molecule has 0 saturated carbocycles. The van der Waals surface area contributed by atoms with Crippen molar-refractivity contribution in [3.8, 4) is 17.2 Å². The average molecular weight is 963 g/mol. The maximum Gasteiger partial charge on any atom is 0.340 e. The number of rotatable bonds is 24. The van der Waals surface area contributed by atoms with Gasteiger partial charge in [-0.25, -0.2) is 4.79 Å². The van der Waals surface area contributed by atoms with Crippen LogP contribution in [0.4, 0.5) is 0 Å². The highest BCUT2D eigenvalue weighted by molar-refractivity contribution is 5.91. The fourth-order valence-corrected chi connectivity index (χ4v) is 8.27. The lowest BCUT2D eigenvalue weighted by Gasteiger charge is -2.45. The van der Waals surface area contributed by atoms with Crippen molar-refractivity contribution in [2.24, 2.45) is 0 Å². The van der Waals surface area contributed by atoms with E-state index >= 15 is 4.79 Å². The SMILES string of the molecule is O=C(O[C@H]1O[C@H](COCc2ccccc2)[C@@H](OCc2ccccc2)[C@H](OCc2ccccc2)[C@H]1OCc1ccccc1)c1cc(OCc2ccccc2)c(OCc2ccccc2)c(OCc2ccccc2)c1. The minimum atomic E-state index is -1.31. The van der Waals surface area contributed by atoms with Gasteiger partial charge in [0.05, 0.1) is 38.6 Å². The molecule has 1 fully saturated rings. The lowest BCUT2D eigenvalue weighted by atomic mass is 9.97. The Bertz CT molecular complexity index is 2760. The number of ether oxygens (including phenoxy) is 9. The van der Waals surface area contributed by atoms with E-state index < -0.39 is 36.7 Å². The van der Waals surface area contributed by atoms with Crippen molar-refractivity contribution in [2.75, 3.05) is 6.61 Å². The summed E-state index contributed by atoms with van der Waals surface area (Å²) in [6, 6.07) is 72.2. The second-order valence-electron chi connectivity index (χ2n) is 17.4. The lowest BCUT2D eigenvalue weighted by Crippen LogP contribution is -2.62. The van der Waals surface area contributed by atoms with Crippen molar-refractivity contribution < 1.29 is 47.4 Å². The Morgan fingerprint density at radius 2 is 0.708 bits per heavy atom. The molecule has 1 aliphatic rings. The minimum absolute atomic E-state index is 0.0847. The predicted molar refractivity (Wildman–Crippen MR) is 274 cm³/mol. The zero-order valence-electron chi connectivity index (χ0n) is 40.0. The molecule has 366 valence electrons. The number of carbonyl (C=O) groups excluding carboxylic acids is 1. The predicted octanol–water partition coefficient (Wildman–Crippen LogP) is 12.3. The number of benzene rings is 8. The molecule has 0 spiro atoms. The number of hydrogen-bond acceptors (Lipinski definition) is 10. The van der Waals surface area contributed by atoms with Crippen LogP contribution in [-0.2, 0) is 74.7 Å². The first-order valence-electron chi connectivity index (χ1n) is 24.2. The molecule has 0 aromatic heterocycles. The smallest absolute Gasteiger partial charge is 0.340 e. The molecule has 0 unspecified atom stereocenters. The van der Waals surface area contributed by atoms with Gasteiger partial charge in [0.25, 0.3) is 0 Å². The zero-order valence-corrected chi connectivity index (χ0v) is 40.0. The fraction of sp³-hybridized carbons (Fsp3) is 0.210. The van der Waals surface area contributed by atoms with Crippen molar-refractivity contribution in [3.05, 3.63) is 269 Å². The molecule has 8 aromatic rings. The Morgan fingerprint density at radius 3 is 1.11 bits per heavy atom. The summed E-state index contributed by atoms with van der Waals surface area (Å²) in [5, 5.41) is 0. The van der Waals surface area contributed by atoms with Gasteiger partial charge in [-0.05, 0) is 51.1 Å². The Kier molecular flexibility index (Phi) is 17.9. The highest BCUT2D eigenvalue weighted by Gasteiger charge is 2.50. The molecule has 1 aliphatic heterocycles. The van der Waals surface area contributed by atoms with Crippen LogP contribution in [0.3, 0.4) is 0 Å². The molecule has 10 nitrogen and oxygen atoms in total. The van der Waals surface area contributed by atoms with Gasteiger partial charge in [-0.1, -0.05) is 212 Å². The van der Waals surface area contributed by atoms with Gasteiger partial charge >= 0.3 is 5.97 Å². The van der Waals surface area contributed by atoms with Crippen LogP contribution in [0, 0.1) is 0 Å². The maximum absolute atomic E-state index is 15.0. The van der Waals surface area contributed by atoms with E-state index in [0.717, 1.165) is 38.9 Å². The summed E-state index contributed by atoms with van der Waals surface area (Å²) in [5.41, 5.74) is 6.73. The molecule has 0 radical (unpaired) electrons. The second kappa shape index (κ2) is 26.0. The van der Waals surface area contributed by atoms with Crippen LogP contribution in [0.5, 0.6) is 17.2 Å². The molecule has 72 heavy (non-hydrogen) atoms. The minimum Gasteiger partial charge on any atom is -0.485 e. The monoisotopic (exact) mass is 962 g/mol. The Hall–Kier alpha value is -7.57. The van der Waals surface area contributed by atoms with E-state index in [1.165, 1.54) is 0 Å². The Balaban J connectivity index is 1.08. The van der Waals surface area contributed by atoms with E-state index in [9.17, 15) is 0 Å². The van der Waals surface area contributed by atoms with Gasteiger partial charge in [-0.3, -0.25) is 0 Å². The fourth-order valence-electron chi connectivity index (χ4n) is 8.27.